The summed E-state index contributed by atoms with van der Waals surface area (Å²) in [6.45, 7) is 0. The van der Waals surface area contributed by atoms with Crippen molar-refractivity contribution in [3.63, 3.8) is 0 Å². The zero-order valence-corrected chi connectivity index (χ0v) is 68.1. The largest absolute Gasteiger partial charge is 0.454 e. The Kier molecular flexibility index (Phi) is 17.7. The van der Waals surface area contributed by atoms with Gasteiger partial charge in [-0.05, 0) is 228 Å². The maximum absolute atomic E-state index is 6.82. The predicted molar refractivity (Wildman–Crippen MR) is 522 cm³/mol. The summed E-state index contributed by atoms with van der Waals surface area (Å²) in [4.78, 5) is 21.1. The average molecular weight is 1610 g/mol. The van der Waals surface area contributed by atoms with E-state index in [1.54, 1.807) is 0 Å². The second-order valence-electron chi connectivity index (χ2n) is 32.2. The molecule has 590 valence electrons. The third kappa shape index (κ3) is 12.9. The van der Waals surface area contributed by atoms with Gasteiger partial charge in [-0.2, -0.15) is 0 Å². The second-order valence-corrected chi connectivity index (χ2v) is 32.2. The zero-order valence-electron chi connectivity index (χ0n) is 68.1. The predicted octanol–water partition coefficient (Wildman–Crippen LogP) is 32.8. The molecule has 6 aromatic heterocycles. The minimum Gasteiger partial charge on any atom is -0.454 e. The van der Waals surface area contributed by atoms with Gasteiger partial charge in [-0.3, -0.25) is 15.0 Å². The van der Waals surface area contributed by atoms with Gasteiger partial charge in [-0.25, -0.2) is 0 Å². The lowest BCUT2D eigenvalue weighted by Crippen LogP contribution is -2.10. The summed E-state index contributed by atoms with van der Waals surface area (Å²) in [5, 5.41) is 11.5. The van der Waals surface area contributed by atoms with Crippen molar-refractivity contribution in [3.8, 4) is 89.0 Å². The van der Waals surface area contributed by atoms with Crippen LogP contribution in [0.4, 0.5) is 51.2 Å². The van der Waals surface area contributed by atoms with Gasteiger partial charge in [-0.1, -0.05) is 285 Å². The first kappa shape index (κ1) is 73.0. The Morgan fingerprint density at radius 2 is 0.611 bits per heavy atom. The standard InChI is InChI=1S/C117H74N6O3/c1-4-19-92(20-5-1)121(95-55-46-80(47-56-95)78-36-40-84(41-37-78)88-18-14-17-87(68-88)83-38-34-76(35-39-83)75-30-32-77(33-31-75)81-48-57-96(58-49-81)122(93-21-6-2-7-22-93)108-29-15-28-104-105-63-54-90-71-118-67-66-103(90)114(105)126-116(104)108)98-61-65-110-107(70-98)113-117(124-110)102-62-53-89(69-91(102)72-120-113)100-26-13-12-25-99(100)86-44-42-79(43-45-86)82-50-59-97(60-51-82)123(94-23-8-3-9-24-94)109-73-119-74-111-112(109)106-64-52-85-16-10-11-27-101(85)115(106)125-111/h1-74H. The van der Waals surface area contributed by atoms with Crippen LogP contribution in [-0.4, -0.2) is 15.0 Å². The van der Waals surface area contributed by atoms with E-state index in [1.165, 1.54) is 5.56 Å². The first-order chi connectivity index (χ1) is 62.4. The highest BCUT2D eigenvalue weighted by molar-refractivity contribution is 6.21. The van der Waals surface area contributed by atoms with Crippen molar-refractivity contribution >= 4 is 149 Å². The van der Waals surface area contributed by atoms with Gasteiger partial charge in [0.1, 0.15) is 22.3 Å². The fourth-order valence-corrected chi connectivity index (χ4v) is 18.6. The summed E-state index contributed by atoms with van der Waals surface area (Å²) in [6.07, 6.45) is 9.48. The van der Waals surface area contributed by atoms with Crippen LogP contribution in [0.2, 0.25) is 0 Å². The number of hydrogen-bond donors (Lipinski definition) is 0. The molecule has 18 aromatic carbocycles. The van der Waals surface area contributed by atoms with Crippen molar-refractivity contribution in [2.45, 2.75) is 0 Å². The Morgan fingerprint density at radius 1 is 0.190 bits per heavy atom. The Morgan fingerprint density at radius 3 is 1.21 bits per heavy atom. The second kappa shape index (κ2) is 30.6. The molecule has 6 heterocycles. The molecule has 0 saturated carbocycles. The van der Waals surface area contributed by atoms with Gasteiger partial charge in [0.2, 0.25) is 0 Å². The highest BCUT2D eigenvalue weighted by Crippen LogP contribution is 2.49. The number of benzene rings is 18. The lowest BCUT2D eigenvalue weighted by Gasteiger charge is -2.26. The molecule has 0 aliphatic rings. The molecule has 9 heteroatoms. The molecule has 0 saturated heterocycles. The van der Waals surface area contributed by atoms with E-state index < -0.39 is 0 Å². The summed E-state index contributed by atoms with van der Waals surface area (Å²) >= 11 is 0. The lowest BCUT2D eigenvalue weighted by atomic mass is 9.92. The van der Waals surface area contributed by atoms with Crippen LogP contribution in [0.5, 0.6) is 0 Å². The van der Waals surface area contributed by atoms with Gasteiger partial charge in [0, 0.05) is 107 Å². The van der Waals surface area contributed by atoms with Gasteiger partial charge < -0.3 is 28.0 Å². The minimum atomic E-state index is 0.747. The van der Waals surface area contributed by atoms with E-state index in [9.17, 15) is 0 Å². The Bertz CT molecular complexity index is 8280. The number of rotatable bonds is 17. The molecule has 126 heavy (non-hydrogen) atoms. The third-order valence-electron chi connectivity index (χ3n) is 24.9. The van der Waals surface area contributed by atoms with Crippen molar-refractivity contribution < 1.29 is 13.3 Å². The molecule has 0 fully saturated rings. The van der Waals surface area contributed by atoms with E-state index >= 15 is 0 Å². The first-order valence-corrected chi connectivity index (χ1v) is 42.5. The topological polar surface area (TPSA) is 87.8 Å². The van der Waals surface area contributed by atoms with E-state index in [2.05, 4.69) is 426 Å². The highest BCUT2D eigenvalue weighted by Gasteiger charge is 2.26. The fraction of sp³-hybridized carbons (Fsp3) is 0. The number of aromatic nitrogens is 3. The third-order valence-corrected chi connectivity index (χ3v) is 24.9. The van der Waals surface area contributed by atoms with Crippen LogP contribution in [0.1, 0.15) is 0 Å². The quantitative estimate of drug-likeness (QED) is 0.0884. The normalized spacial score (nSPS) is 11.7. The molecule has 24 rings (SSSR count). The molecule has 9 nitrogen and oxygen atoms in total. The van der Waals surface area contributed by atoms with Crippen molar-refractivity contribution in [1.29, 1.82) is 0 Å². The van der Waals surface area contributed by atoms with E-state index in [0.717, 1.165) is 233 Å². The van der Waals surface area contributed by atoms with Crippen LogP contribution < -0.4 is 14.7 Å². The summed E-state index contributed by atoms with van der Waals surface area (Å²) < 4.78 is 20.2. The first-order valence-electron chi connectivity index (χ1n) is 42.5. The molecule has 0 radical (unpaired) electrons. The monoisotopic (exact) mass is 1610 g/mol. The zero-order chi connectivity index (χ0) is 83.1. The van der Waals surface area contributed by atoms with Crippen LogP contribution in [-0.2, 0) is 0 Å². The molecule has 0 N–H and O–H groups in total. The van der Waals surface area contributed by atoms with Crippen LogP contribution in [0, 0.1) is 0 Å². The molecule has 0 unspecified atom stereocenters. The van der Waals surface area contributed by atoms with Crippen LogP contribution in [0.3, 0.4) is 0 Å². The van der Waals surface area contributed by atoms with Gasteiger partial charge in [-0.15, -0.1) is 0 Å². The lowest BCUT2D eigenvalue weighted by molar-refractivity contribution is 0.670. The SMILES string of the molecule is c1ccc(N(c2ccc(-c3ccc(-c4cccc(-c5ccc(-c6ccc(-c7ccc(N(c8ccccc8)c8cccc9c8oc8c%10ccncc%10ccc98)cc7)cc6)cc5)c4)cc3)cc2)c2ccc3oc4c5ccc(-c6ccccc6-c6ccc(-c7ccc(N(c8ccccc8)c8cncc9oc%10c%11ccccc%11ccc%10c89)cc7)cc6)cc5cnc4c3c2)cc1. The van der Waals surface area contributed by atoms with E-state index in [4.69, 9.17) is 23.2 Å². The molecular formula is C117H74N6O3. The highest BCUT2D eigenvalue weighted by atomic mass is 16.3. The molecular weight excluding hydrogens is 1540 g/mol. The molecule has 0 bridgehead atoms. The summed E-state index contributed by atoms with van der Waals surface area (Å²) in [7, 11) is 0. The van der Waals surface area contributed by atoms with Crippen LogP contribution >= 0.6 is 0 Å². The molecule has 0 aliphatic carbocycles. The summed E-state index contributed by atoms with van der Waals surface area (Å²) in [5.74, 6) is 0. The number of para-hydroxylation sites is 4. The van der Waals surface area contributed by atoms with Gasteiger partial charge in [0.15, 0.2) is 16.7 Å². The number of hydrogen-bond acceptors (Lipinski definition) is 9. The van der Waals surface area contributed by atoms with Crippen molar-refractivity contribution in [2.24, 2.45) is 0 Å². The van der Waals surface area contributed by atoms with E-state index in [1.807, 2.05) is 43.1 Å². The van der Waals surface area contributed by atoms with Crippen LogP contribution in [0.15, 0.2) is 463 Å². The summed E-state index contributed by atoms with van der Waals surface area (Å²) in [6, 6.07) is 150. The van der Waals surface area contributed by atoms with Gasteiger partial charge in [0.25, 0.3) is 0 Å². The Balaban J connectivity index is 0.448. The number of anilines is 9. The van der Waals surface area contributed by atoms with Gasteiger partial charge >= 0.3 is 0 Å². The molecule has 24 aromatic rings. The number of furan rings is 3. The smallest absolute Gasteiger partial charge is 0.161 e. The van der Waals surface area contributed by atoms with Crippen LogP contribution in [0.25, 0.3) is 187 Å². The minimum absolute atomic E-state index is 0.747. The van der Waals surface area contributed by atoms with Gasteiger partial charge in [0.05, 0.1) is 29.2 Å². The number of pyridine rings is 3. The fourth-order valence-electron chi connectivity index (χ4n) is 18.6. The maximum atomic E-state index is 6.82. The van der Waals surface area contributed by atoms with Crippen molar-refractivity contribution in [3.05, 3.63) is 450 Å². The maximum Gasteiger partial charge on any atom is 0.161 e. The number of fused-ring (bicyclic) bond motifs is 15. The van der Waals surface area contributed by atoms with E-state index in [0.29, 0.717) is 0 Å². The molecule has 0 aliphatic heterocycles. The molecule has 0 atom stereocenters. The van der Waals surface area contributed by atoms with Crippen molar-refractivity contribution in [2.75, 3.05) is 14.7 Å². The Hall–Kier alpha value is -17.0. The number of nitrogens with zero attached hydrogens (tertiary/aromatic N) is 6. The molecule has 0 spiro atoms. The van der Waals surface area contributed by atoms with E-state index in [-0.39, 0.29) is 0 Å². The molecule has 0 amide bonds. The van der Waals surface area contributed by atoms with Crippen molar-refractivity contribution in [1.82, 2.24) is 15.0 Å². The average Bonchev–Trinajstić information content (AvgIpc) is 1.59. The Labute approximate surface area is 726 Å². The summed E-state index contributed by atoms with van der Waals surface area (Å²) in [5.41, 5.74) is 33.1.